The molecule has 1 aromatic heterocycles. The summed E-state index contributed by atoms with van der Waals surface area (Å²) in [5.74, 6) is 1.17. The number of H-pyrrole nitrogens is 1. The van der Waals surface area contributed by atoms with E-state index in [1.165, 1.54) is 0 Å². The lowest BCUT2D eigenvalue weighted by molar-refractivity contribution is 0.00578. The van der Waals surface area contributed by atoms with E-state index in [2.05, 4.69) is 11.9 Å². The van der Waals surface area contributed by atoms with Gasteiger partial charge in [0.15, 0.2) is 0 Å². The SMILES string of the molecule is C[C@H]1C[C@@H](c2nc3ccc(B4OC(C)(C)C(C)(C)O4)cc3[nH]2)N(C(=O)OC(C)(C)C)C1. The summed E-state index contributed by atoms with van der Waals surface area (Å²) in [6.07, 6.45) is 0.559. The van der Waals surface area contributed by atoms with Crippen LogP contribution in [0.4, 0.5) is 4.79 Å². The van der Waals surface area contributed by atoms with Crippen molar-refractivity contribution in [2.75, 3.05) is 6.54 Å². The number of hydrogen-bond acceptors (Lipinski definition) is 5. The van der Waals surface area contributed by atoms with Crippen LogP contribution < -0.4 is 5.46 Å². The Bertz CT molecular complexity index is 978. The molecule has 7 nitrogen and oxygen atoms in total. The molecule has 0 bridgehead atoms. The summed E-state index contributed by atoms with van der Waals surface area (Å²) in [5.41, 5.74) is 1.41. The van der Waals surface area contributed by atoms with E-state index in [-0.39, 0.29) is 23.3 Å². The lowest BCUT2D eigenvalue weighted by Crippen LogP contribution is -2.41. The van der Waals surface area contributed by atoms with Crippen molar-refractivity contribution in [3.05, 3.63) is 24.0 Å². The van der Waals surface area contributed by atoms with Crippen LogP contribution in [0, 0.1) is 5.92 Å². The van der Waals surface area contributed by atoms with Gasteiger partial charge in [0.2, 0.25) is 0 Å². The summed E-state index contributed by atoms with van der Waals surface area (Å²) in [5, 5.41) is 0. The number of imidazole rings is 1. The highest BCUT2D eigenvalue weighted by atomic mass is 16.7. The van der Waals surface area contributed by atoms with Crippen molar-refractivity contribution in [2.45, 2.75) is 84.7 Å². The number of aromatic nitrogens is 2. The summed E-state index contributed by atoms with van der Waals surface area (Å²) in [7, 11) is -0.425. The number of fused-ring (bicyclic) bond motifs is 1. The molecule has 0 unspecified atom stereocenters. The normalized spacial score (nSPS) is 25.4. The van der Waals surface area contributed by atoms with Crippen LogP contribution in [0.15, 0.2) is 18.2 Å². The van der Waals surface area contributed by atoms with E-state index in [1.807, 2.05) is 66.7 Å². The molecule has 1 N–H and O–H groups in total. The summed E-state index contributed by atoms with van der Waals surface area (Å²) in [6.45, 7) is 16.7. The third kappa shape index (κ3) is 4.20. The Morgan fingerprint density at radius 2 is 1.87 bits per heavy atom. The minimum absolute atomic E-state index is 0.127. The number of ether oxygens (including phenoxy) is 1. The highest BCUT2D eigenvalue weighted by Crippen LogP contribution is 2.37. The molecule has 1 amide bonds. The fourth-order valence-corrected chi connectivity index (χ4v) is 4.16. The van der Waals surface area contributed by atoms with Gasteiger partial charge in [0.05, 0.1) is 28.3 Å². The second kappa shape index (κ2) is 7.24. The monoisotopic (exact) mass is 427 g/mol. The maximum atomic E-state index is 12.8. The van der Waals surface area contributed by atoms with E-state index in [4.69, 9.17) is 19.0 Å². The zero-order chi connectivity index (χ0) is 22.8. The number of rotatable bonds is 2. The van der Waals surface area contributed by atoms with E-state index in [1.54, 1.807) is 4.90 Å². The van der Waals surface area contributed by atoms with E-state index >= 15 is 0 Å². The van der Waals surface area contributed by atoms with E-state index < -0.39 is 12.7 Å². The second-order valence-electron chi connectivity index (χ2n) is 11.0. The first-order chi connectivity index (χ1) is 14.3. The Balaban J connectivity index is 1.60. The fourth-order valence-electron chi connectivity index (χ4n) is 4.16. The molecule has 2 fully saturated rings. The molecule has 2 aromatic rings. The maximum Gasteiger partial charge on any atom is 0.494 e. The van der Waals surface area contributed by atoms with Crippen molar-refractivity contribution >= 4 is 29.7 Å². The summed E-state index contributed by atoms with van der Waals surface area (Å²) >= 11 is 0. The maximum absolute atomic E-state index is 12.8. The Morgan fingerprint density at radius 1 is 1.23 bits per heavy atom. The van der Waals surface area contributed by atoms with Gasteiger partial charge in [0.1, 0.15) is 11.4 Å². The lowest BCUT2D eigenvalue weighted by Gasteiger charge is -2.32. The van der Waals surface area contributed by atoms with Gasteiger partial charge in [-0.25, -0.2) is 9.78 Å². The molecule has 2 saturated heterocycles. The van der Waals surface area contributed by atoms with Crippen LogP contribution in [0.25, 0.3) is 11.0 Å². The van der Waals surface area contributed by atoms with Gasteiger partial charge in [-0.05, 0) is 78.4 Å². The molecule has 0 radical (unpaired) electrons. The molecular weight excluding hydrogens is 393 g/mol. The number of aromatic amines is 1. The van der Waals surface area contributed by atoms with Crippen molar-refractivity contribution in [3.63, 3.8) is 0 Å². The van der Waals surface area contributed by atoms with E-state index in [0.29, 0.717) is 12.5 Å². The number of carbonyl (C=O) groups is 1. The predicted molar refractivity (Wildman–Crippen MR) is 121 cm³/mol. The number of amides is 1. The minimum atomic E-state index is -0.529. The van der Waals surface area contributed by atoms with Gasteiger partial charge in [-0.3, -0.25) is 4.90 Å². The molecule has 2 aliphatic rings. The van der Waals surface area contributed by atoms with Gasteiger partial charge in [-0.15, -0.1) is 0 Å². The second-order valence-corrected chi connectivity index (χ2v) is 11.0. The Hall–Kier alpha value is -2.06. The number of nitrogens with one attached hydrogen (secondary N) is 1. The molecular formula is C23H34BN3O4. The zero-order valence-electron chi connectivity index (χ0n) is 19.9. The largest absolute Gasteiger partial charge is 0.494 e. The van der Waals surface area contributed by atoms with Crippen molar-refractivity contribution in [3.8, 4) is 0 Å². The molecule has 2 atom stereocenters. The van der Waals surface area contributed by atoms with Crippen molar-refractivity contribution in [1.82, 2.24) is 14.9 Å². The minimum Gasteiger partial charge on any atom is -0.444 e. The van der Waals surface area contributed by atoms with Crippen LogP contribution in [0.1, 0.15) is 73.7 Å². The fraction of sp³-hybridized carbons (Fsp3) is 0.652. The number of benzene rings is 1. The van der Waals surface area contributed by atoms with Crippen LogP contribution in [0.5, 0.6) is 0 Å². The molecule has 0 aliphatic carbocycles. The first-order valence-electron chi connectivity index (χ1n) is 11.1. The predicted octanol–water partition coefficient (Wildman–Crippen LogP) is 4.18. The van der Waals surface area contributed by atoms with Gasteiger partial charge in [0.25, 0.3) is 0 Å². The van der Waals surface area contributed by atoms with Gasteiger partial charge < -0.3 is 19.0 Å². The standard InChI is InChI=1S/C23H34BN3O4/c1-14-11-18(27(13-14)20(28)29-21(2,3)4)19-25-16-10-9-15(12-17(16)26-19)24-30-22(5,6)23(7,8)31-24/h9-10,12,14,18H,11,13H2,1-8H3,(H,25,26)/t14-,18-/m0/s1. The van der Waals surface area contributed by atoms with Crippen molar-refractivity contribution < 1.29 is 18.8 Å². The highest BCUT2D eigenvalue weighted by Gasteiger charge is 2.51. The third-order valence-electron chi connectivity index (χ3n) is 6.50. The van der Waals surface area contributed by atoms with Crippen LogP contribution in [-0.4, -0.2) is 51.4 Å². The van der Waals surface area contributed by atoms with Crippen LogP contribution in [0.2, 0.25) is 0 Å². The van der Waals surface area contributed by atoms with Crippen molar-refractivity contribution in [1.29, 1.82) is 0 Å². The first-order valence-corrected chi connectivity index (χ1v) is 11.1. The number of hydrogen-bond donors (Lipinski definition) is 1. The topological polar surface area (TPSA) is 76.7 Å². The average molecular weight is 427 g/mol. The molecule has 31 heavy (non-hydrogen) atoms. The number of likely N-dealkylation sites (tertiary alicyclic amines) is 1. The van der Waals surface area contributed by atoms with Gasteiger partial charge in [-0.2, -0.15) is 0 Å². The smallest absolute Gasteiger partial charge is 0.444 e. The van der Waals surface area contributed by atoms with Gasteiger partial charge in [-0.1, -0.05) is 13.0 Å². The molecule has 168 valence electrons. The number of nitrogens with zero attached hydrogens (tertiary/aromatic N) is 2. The Kier molecular flexibility index (Phi) is 5.17. The molecule has 0 saturated carbocycles. The van der Waals surface area contributed by atoms with E-state index in [9.17, 15) is 4.79 Å². The van der Waals surface area contributed by atoms with Gasteiger partial charge >= 0.3 is 13.2 Å². The van der Waals surface area contributed by atoms with Crippen LogP contribution in [0.3, 0.4) is 0 Å². The molecule has 1 aromatic carbocycles. The summed E-state index contributed by atoms with van der Waals surface area (Å²) in [4.78, 5) is 22.8. The molecule has 4 rings (SSSR count). The Labute approximate surface area is 185 Å². The van der Waals surface area contributed by atoms with Gasteiger partial charge in [0, 0.05) is 6.54 Å². The number of carbonyl (C=O) groups excluding carboxylic acids is 1. The first kappa shape index (κ1) is 22.2. The quantitative estimate of drug-likeness (QED) is 0.728. The van der Waals surface area contributed by atoms with Crippen LogP contribution >= 0.6 is 0 Å². The molecule has 8 heteroatoms. The Morgan fingerprint density at radius 3 is 2.48 bits per heavy atom. The molecule has 3 heterocycles. The highest BCUT2D eigenvalue weighted by molar-refractivity contribution is 6.62. The lowest BCUT2D eigenvalue weighted by atomic mass is 9.79. The molecule has 2 aliphatic heterocycles. The van der Waals surface area contributed by atoms with E-state index in [0.717, 1.165) is 28.7 Å². The third-order valence-corrected chi connectivity index (χ3v) is 6.50. The zero-order valence-corrected chi connectivity index (χ0v) is 19.9. The summed E-state index contributed by atoms with van der Waals surface area (Å²) in [6, 6.07) is 5.88. The molecule has 0 spiro atoms. The average Bonchev–Trinajstić information content (AvgIpc) is 3.26. The van der Waals surface area contributed by atoms with Crippen LogP contribution in [-0.2, 0) is 14.0 Å². The summed E-state index contributed by atoms with van der Waals surface area (Å²) < 4.78 is 18.0. The van der Waals surface area contributed by atoms with Crippen molar-refractivity contribution in [2.24, 2.45) is 5.92 Å².